The van der Waals surface area contributed by atoms with Crippen molar-refractivity contribution in [3.63, 3.8) is 0 Å². The van der Waals surface area contributed by atoms with E-state index in [2.05, 4.69) is 36.4 Å². The summed E-state index contributed by atoms with van der Waals surface area (Å²) in [5.74, 6) is 2.42. The van der Waals surface area contributed by atoms with E-state index in [4.69, 9.17) is 25.8 Å². The minimum absolute atomic E-state index is 0.0128. The molecule has 0 radical (unpaired) electrons. The lowest BCUT2D eigenvalue weighted by Gasteiger charge is -2.30. The number of nitrogens with one attached hydrogen (secondary N) is 1. The number of halogens is 1. The Hall–Kier alpha value is -1.95. The third-order valence-electron chi connectivity index (χ3n) is 5.27. The zero-order valence-corrected chi connectivity index (χ0v) is 18.7. The van der Waals surface area contributed by atoms with Crippen molar-refractivity contribution in [1.29, 1.82) is 0 Å². The second-order valence-electron chi connectivity index (χ2n) is 7.69. The molecule has 0 fully saturated rings. The second kappa shape index (κ2) is 9.70. The lowest BCUT2D eigenvalue weighted by atomic mass is 9.88. The first-order valence-corrected chi connectivity index (χ1v) is 10.4. The monoisotopic (exact) mass is 418 g/mol. The molecule has 1 heterocycles. The number of ether oxygens (including phenoxy) is 3. The number of rotatable bonds is 8. The van der Waals surface area contributed by atoms with Crippen molar-refractivity contribution in [2.45, 2.75) is 25.8 Å². The molecular formula is C23H31ClN2O3. The largest absolute Gasteiger partial charge is 0.496 e. The highest BCUT2D eigenvalue weighted by Gasteiger charge is 2.27. The van der Waals surface area contributed by atoms with Gasteiger partial charge in [0.05, 0.1) is 26.9 Å². The van der Waals surface area contributed by atoms with Crippen molar-refractivity contribution in [3.05, 3.63) is 51.5 Å². The van der Waals surface area contributed by atoms with Crippen LogP contribution in [0.3, 0.4) is 0 Å². The average molecular weight is 419 g/mol. The molecule has 0 saturated heterocycles. The lowest BCUT2D eigenvalue weighted by molar-refractivity contribution is 0.267. The SMILES string of the molecule is COc1cc2c(cc1OCCCN(C)C)C(c1cc(Cl)cc(C)c1OC)NCC2. The molecule has 5 nitrogen and oxygen atoms in total. The summed E-state index contributed by atoms with van der Waals surface area (Å²) >= 11 is 6.38. The zero-order chi connectivity index (χ0) is 21.0. The van der Waals surface area contributed by atoms with Gasteiger partial charge >= 0.3 is 0 Å². The summed E-state index contributed by atoms with van der Waals surface area (Å²) in [5.41, 5.74) is 4.50. The highest BCUT2D eigenvalue weighted by Crippen LogP contribution is 2.41. The first kappa shape index (κ1) is 21.8. The highest BCUT2D eigenvalue weighted by molar-refractivity contribution is 6.30. The van der Waals surface area contributed by atoms with Crippen molar-refractivity contribution in [1.82, 2.24) is 10.2 Å². The van der Waals surface area contributed by atoms with Gasteiger partial charge in [-0.2, -0.15) is 0 Å². The van der Waals surface area contributed by atoms with Crippen molar-refractivity contribution < 1.29 is 14.2 Å². The molecule has 3 rings (SSSR count). The van der Waals surface area contributed by atoms with Gasteiger partial charge in [-0.15, -0.1) is 0 Å². The Kier molecular flexibility index (Phi) is 7.28. The van der Waals surface area contributed by atoms with Crippen molar-refractivity contribution in [2.24, 2.45) is 0 Å². The predicted molar refractivity (Wildman–Crippen MR) is 118 cm³/mol. The number of fused-ring (bicyclic) bond motifs is 1. The Morgan fingerprint density at radius 3 is 2.55 bits per heavy atom. The Morgan fingerprint density at radius 1 is 1.07 bits per heavy atom. The third kappa shape index (κ3) is 4.97. The molecular weight excluding hydrogens is 388 g/mol. The molecule has 1 N–H and O–H groups in total. The summed E-state index contributed by atoms with van der Waals surface area (Å²) < 4.78 is 17.4. The summed E-state index contributed by atoms with van der Waals surface area (Å²) in [5, 5.41) is 4.34. The number of hydrogen-bond donors (Lipinski definition) is 1. The second-order valence-corrected chi connectivity index (χ2v) is 8.13. The molecule has 0 saturated carbocycles. The fourth-order valence-corrected chi connectivity index (χ4v) is 4.21. The van der Waals surface area contributed by atoms with Crippen LogP contribution in [0.1, 0.15) is 34.7 Å². The number of benzene rings is 2. The maximum atomic E-state index is 6.38. The Morgan fingerprint density at radius 2 is 1.86 bits per heavy atom. The van der Waals surface area contributed by atoms with Gasteiger partial charge < -0.3 is 24.4 Å². The summed E-state index contributed by atoms with van der Waals surface area (Å²) in [7, 11) is 7.53. The Bertz CT molecular complexity index is 855. The van der Waals surface area contributed by atoms with Crippen LogP contribution in [-0.4, -0.2) is 52.9 Å². The average Bonchev–Trinajstić information content (AvgIpc) is 2.69. The van der Waals surface area contributed by atoms with E-state index in [1.807, 2.05) is 19.1 Å². The molecule has 1 aliphatic rings. The van der Waals surface area contributed by atoms with E-state index >= 15 is 0 Å². The molecule has 1 aliphatic heterocycles. The first-order chi connectivity index (χ1) is 13.9. The topological polar surface area (TPSA) is 43.0 Å². The van der Waals surface area contributed by atoms with Crippen LogP contribution in [0.5, 0.6) is 17.2 Å². The molecule has 0 bridgehead atoms. The molecule has 158 valence electrons. The highest BCUT2D eigenvalue weighted by atomic mass is 35.5. The van der Waals surface area contributed by atoms with Gasteiger partial charge in [-0.3, -0.25) is 0 Å². The van der Waals surface area contributed by atoms with Crippen molar-refractivity contribution in [3.8, 4) is 17.2 Å². The summed E-state index contributed by atoms with van der Waals surface area (Å²) in [6.07, 6.45) is 1.89. The van der Waals surface area contributed by atoms with E-state index in [9.17, 15) is 0 Å². The van der Waals surface area contributed by atoms with Gasteiger partial charge in [0.25, 0.3) is 0 Å². The van der Waals surface area contributed by atoms with E-state index in [0.717, 1.165) is 54.3 Å². The standard InChI is InChI=1S/C23H31ClN2O3/c1-15-11-17(24)13-19(23(15)28-5)22-18-14-21(29-10-6-9-26(2)3)20(27-4)12-16(18)7-8-25-22/h11-14,22,25H,6-10H2,1-5H3. The van der Waals surface area contributed by atoms with Crippen LogP contribution >= 0.6 is 11.6 Å². The maximum absolute atomic E-state index is 6.38. The minimum atomic E-state index is -0.0128. The molecule has 29 heavy (non-hydrogen) atoms. The molecule has 0 aromatic heterocycles. The quantitative estimate of drug-likeness (QED) is 0.650. The molecule has 0 spiro atoms. The molecule has 2 aromatic carbocycles. The fourth-order valence-electron chi connectivity index (χ4n) is 3.93. The molecule has 6 heteroatoms. The van der Waals surface area contributed by atoms with Gasteiger partial charge in [-0.05, 0) is 74.8 Å². The Labute approximate surface area is 178 Å². The number of hydrogen-bond acceptors (Lipinski definition) is 5. The number of methoxy groups -OCH3 is 2. The van der Waals surface area contributed by atoms with E-state index in [1.165, 1.54) is 11.1 Å². The van der Waals surface area contributed by atoms with Crippen LogP contribution in [0.4, 0.5) is 0 Å². The van der Waals surface area contributed by atoms with Crippen LogP contribution in [0, 0.1) is 6.92 Å². The fraction of sp³-hybridized carbons (Fsp3) is 0.478. The molecule has 0 amide bonds. The lowest BCUT2D eigenvalue weighted by Crippen LogP contribution is -2.31. The third-order valence-corrected chi connectivity index (χ3v) is 5.49. The molecule has 2 aromatic rings. The van der Waals surface area contributed by atoms with Crippen molar-refractivity contribution in [2.75, 3.05) is 48.0 Å². The van der Waals surface area contributed by atoms with Crippen LogP contribution in [0.15, 0.2) is 24.3 Å². The van der Waals surface area contributed by atoms with Gasteiger partial charge in [-0.1, -0.05) is 11.6 Å². The van der Waals surface area contributed by atoms with E-state index in [1.54, 1.807) is 14.2 Å². The van der Waals surface area contributed by atoms with E-state index < -0.39 is 0 Å². The summed E-state index contributed by atoms with van der Waals surface area (Å²) in [6, 6.07) is 8.12. The number of nitrogens with zero attached hydrogens (tertiary/aromatic N) is 1. The van der Waals surface area contributed by atoms with Gasteiger partial charge in [-0.25, -0.2) is 0 Å². The molecule has 1 unspecified atom stereocenters. The van der Waals surface area contributed by atoms with Gasteiger partial charge in [0.15, 0.2) is 11.5 Å². The molecule has 1 atom stereocenters. The van der Waals surface area contributed by atoms with Crippen LogP contribution in [0.25, 0.3) is 0 Å². The first-order valence-electron chi connectivity index (χ1n) is 10.00. The molecule has 0 aliphatic carbocycles. The van der Waals surface area contributed by atoms with Crippen LogP contribution < -0.4 is 19.5 Å². The van der Waals surface area contributed by atoms with Gasteiger partial charge in [0.2, 0.25) is 0 Å². The smallest absolute Gasteiger partial charge is 0.161 e. The number of aryl methyl sites for hydroxylation is 1. The minimum Gasteiger partial charge on any atom is -0.496 e. The van der Waals surface area contributed by atoms with E-state index in [0.29, 0.717) is 11.6 Å². The maximum Gasteiger partial charge on any atom is 0.161 e. The van der Waals surface area contributed by atoms with Gasteiger partial charge in [0.1, 0.15) is 5.75 Å². The predicted octanol–water partition coefficient (Wildman–Crippen LogP) is 4.23. The normalized spacial score (nSPS) is 15.9. The van der Waals surface area contributed by atoms with E-state index in [-0.39, 0.29) is 6.04 Å². The Balaban J connectivity index is 1.97. The van der Waals surface area contributed by atoms with Crippen LogP contribution in [0.2, 0.25) is 5.02 Å². The van der Waals surface area contributed by atoms with Gasteiger partial charge in [0, 0.05) is 23.7 Å². The zero-order valence-electron chi connectivity index (χ0n) is 18.0. The van der Waals surface area contributed by atoms with Crippen LogP contribution in [-0.2, 0) is 6.42 Å². The summed E-state index contributed by atoms with van der Waals surface area (Å²) in [6.45, 7) is 4.52. The summed E-state index contributed by atoms with van der Waals surface area (Å²) in [4.78, 5) is 2.15. The van der Waals surface area contributed by atoms with Crippen molar-refractivity contribution >= 4 is 11.6 Å².